The van der Waals surface area contributed by atoms with E-state index in [-0.39, 0.29) is 37.8 Å². The van der Waals surface area contributed by atoms with E-state index in [0.717, 1.165) is 0 Å². The van der Waals surface area contributed by atoms with Crippen LogP contribution in [0.4, 0.5) is 0 Å². The molecule has 0 amide bonds. The number of carbonyl (C=O) groups is 1. The Morgan fingerprint density at radius 1 is 1.36 bits per heavy atom. The Morgan fingerprint density at radius 2 is 2.12 bits per heavy atom. The molecule has 1 aliphatic rings. The van der Waals surface area contributed by atoms with Crippen molar-refractivity contribution in [1.29, 1.82) is 0 Å². The first kappa shape index (κ1) is 11.3. The molecule has 5 atom stereocenters. The fraction of sp³-hybridized carbons (Fsp3) is 0.650. The molecule has 142 valence electrons. The van der Waals surface area contributed by atoms with Gasteiger partial charge in [-0.05, 0) is 38.0 Å². The fourth-order valence-electron chi connectivity index (χ4n) is 2.22. The van der Waals surface area contributed by atoms with Crippen LogP contribution in [0.5, 0.6) is 0 Å². The second kappa shape index (κ2) is 12.0. The van der Waals surface area contributed by atoms with Crippen molar-refractivity contribution in [3.8, 4) is 0 Å². The first-order valence-electron chi connectivity index (χ1n) is 12.7. The zero-order valence-electron chi connectivity index (χ0n) is 23.3. The molecule has 0 unspecified atom stereocenters. The van der Waals surface area contributed by atoms with Crippen LogP contribution in [0.25, 0.3) is 0 Å². The number of hydrogen-bond acceptors (Lipinski definition) is 4. The van der Waals surface area contributed by atoms with Crippen LogP contribution in [0.15, 0.2) is 36.3 Å². The number of rotatable bonds is 11. The third-order valence-electron chi connectivity index (χ3n) is 3.48. The molecule has 1 rings (SSSR count). The lowest BCUT2D eigenvalue weighted by Gasteiger charge is -2.19. The van der Waals surface area contributed by atoms with E-state index in [1.165, 1.54) is 0 Å². The zero-order valence-corrected chi connectivity index (χ0v) is 14.3. The summed E-state index contributed by atoms with van der Waals surface area (Å²) in [4.78, 5) is 10.6. The molecule has 25 heavy (non-hydrogen) atoms. The van der Waals surface area contributed by atoms with E-state index < -0.39 is 73.4 Å². The van der Waals surface area contributed by atoms with Gasteiger partial charge in [0.25, 0.3) is 0 Å². The van der Waals surface area contributed by atoms with Crippen LogP contribution in [0.3, 0.4) is 0 Å². The standard InChI is InChI=1S/C20H32O5/c1-2-3-6-9-15(21)12-13-17-16(18(22)14-19(17)23)10-7-4-5-8-11-20(24)25/h3-4,6-7,12-13,15-19,21-23H,2,5,8-11,14H2,1H3,(H,24,25)/b6-3-,7-4-,13-12+/t15-,16+,17+,18-,19+/m0/s1/i3T,4T,6T,7T,12T,15T,16T,17T,19T. The number of aliphatic carboxylic acids is 1. The van der Waals surface area contributed by atoms with E-state index in [1.807, 2.05) is 0 Å². The van der Waals surface area contributed by atoms with Crippen molar-refractivity contribution >= 4 is 5.97 Å². The summed E-state index contributed by atoms with van der Waals surface area (Å²) in [5.41, 5.74) is 0. The van der Waals surface area contributed by atoms with Crippen LogP contribution in [-0.4, -0.2) is 44.7 Å². The molecule has 0 aliphatic heterocycles. The van der Waals surface area contributed by atoms with E-state index in [9.17, 15) is 20.1 Å². The lowest BCUT2D eigenvalue weighted by molar-refractivity contribution is -0.137. The van der Waals surface area contributed by atoms with Crippen molar-refractivity contribution < 1.29 is 37.6 Å². The Labute approximate surface area is 163 Å². The lowest BCUT2D eigenvalue weighted by Crippen LogP contribution is -2.20. The average molecular weight is 371 g/mol. The summed E-state index contributed by atoms with van der Waals surface area (Å²) >= 11 is 0. The van der Waals surface area contributed by atoms with Crippen molar-refractivity contribution in [1.82, 2.24) is 0 Å². The normalized spacial score (nSPS) is 45.7. The van der Waals surface area contributed by atoms with Gasteiger partial charge in [-0.25, -0.2) is 0 Å². The molecule has 1 saturated carbocycles. The molecule has 5 nitrogen and oxygen atoms in total. The maximum absolute atomic E-state index is 10.6. The molecule has 0 aromatic heterocycles. The minimum Gasteiger partial charge on any atom is -0.481 e. The minimum absolute atomic E-state index is 0.0415. The molecule has 0 aromatic carbocycles. The molecule has 5 heteroatoms. The van der Waals surface area contributed by atoms with Gasteiger partial charge in [-0.15, -0.1) is 0 Å². The smallest absolute Gasteiger partial charge is 0.303 e. The topological polar surface area (TPSA) is 98.0 Å². The quantitative estimate of drug-likeness (QED) is 0.419. The van der Waals surface area contributed by atoms with Gasteiger partial charge in [0.2, 0.25) is 0 Å². The number of hydrogen-bond donors (Lipinski definition) is 4. The molecular formula is C20H32O5. The van der Waals surface area contributed by atoms with Gasteiger partial charge in [0.1, 0.15) is 0 Å². The van der Waals surface area contributed by atoms with Gasteiger partial charge >= 0.3 is 5.97 Å². The van der Waals surface area contributed by atoms with Crippen LogP contribution in [-0.2, 0) is 4.79 Å². The maximum Gasteiger partial charge on any atom is 0.303 e. The largest absolute Gasteiger partial charge is 0.481 e. The number of carboxylic acids is 1. The Morgan fingerprint density at radius 3 is 2.80 bits per heavy atom. The molecular weight excluding hydrogens is 320 g/mol. The Kier molecular flexibility index (Phi) is 5.44. The van der Waals surface area contributed by atoms with Crippen LogP contribution < -0.4 is 0 Å². The lowest BCUT2D eigenvalue weighted by atomic mass is 9.89. The summed E-state index contributed by atoms with van der Waals surface area (Å²) in [7, 11) is 0. The van der Waals surface area contributed by atoms with Gasteiger partial charge < -0.3 is 20.4 Å². The monoisotopic (exact) mass is 370 g/mol. The number of allylic oxidation sites excluding steroid dienone is 3. The van der Waals surface area contributed by atoms with E-state index in [2.05, 4.69) is 0 Å². The Balaban J connectivity index is 3.41. The van der Waals surface area contributed by atoms with E-state index >= 15 is 0 Å². The Bertz CT molecular complexity index is 870. The number of aliphatic hydroxyl groups excluding tert-OH is 1. The second-order valence-electron chi connectivity index (χ2n) is 5.50. The fourth-order valence-corrected chi connectivity index (χ4v) is 2.22. The highest BCUT2D eigenvalue weighted by molar-refractivity contribution is 5.66. The molecule has 0 saturated heterocycles. The summed E-state index contributed by atoms with van der Waals surface area (Å²) < 4.78 is 73.1. The van der Waals surface area contributed by atoms with Gasteiger partial charge in [0, 0.05) is 21.5 Å². The third-order valence-corrected chi connectivity index (χ3v) is 3.48. The molecule has 0 heterocycles. The molecule has 1 aliphatic carbocycles. The summed E-state index contributed by atoms with van der Waals surface area (Å²) in [5, 5.41) is 40.1. The summed E-state index contributed by atoms with van der Waals surface area (Å²) in [6, 6.07) is -2.51. The van der Waals surface area contributed by atoms with Crippen LogP contribution in [0, 0.1) is 11.8 Å². The SMILES string of the molecule is [3H]/C(CC)=C(\[3H])C[C@]([3H])(O)/C([3H])=C/[C@]1([3H])[C@@]([3H])(C/C([3H])=C(/[3H])CCCC(=O)O)[C@@H](O)C[C@@]1([3H])O. The first-order chi connectivity index (χ1) is 15.3. The summed E-state index contributed by atoms with van der Waals surface area (Å²) in [6.45, 7) is 1.58. The predicted octanol–water partition coefficient (Wildman–Crippen LogP) is 2.82. The Hall–Kier alpha value is -1.43. The van der Waals surface area contributed by atoms with Gasteiger partial charge in [-0.3, -0.25) is 4.79 Å². The van der Waals surface area contributed by atoms with Crippen molar-refractivity contribution in [2.75, 3.05) is 0 Å². The molecule has 0 spiro atoms. The van der Waals surface area contributed by atoms with E-state index in [0.29, 0.717) is 6.08 Å². The summed E-state index contributed by atoms with van der Waals surface area (Å²) in [5.74, 6) is -6.43. The van der Waals surface area contributed by atoms with Crippen molar-refractivity contribution in [2.45, 2.75) is 70.1 Å². The van der Waals surface area contributed by atoms with Crippen LogP contribution in [0.1, 0.15) is 64.2 Å². The first-order valence-corrected chi connectivity index (χ1v) is 8.19. The highest BCUT2D eigenvalue weighted by Crippen LogP contribution is 2.36. The van der Waals surface area contributed by atoms with Crippen molar-refractivity contribution in [3.05, 3.63) is 36.3 Å². The van der Waals surface area contributed by atoms with E-state index in [1.54, 1.807) is 6.92 Å². The van der Waals surface area contributed by atoms with Gasteiger partial charge in [-0.1, -0.05) is 43.3 Å². The molecule has 0 radical (unpaired) electrons. The molecule has 0 bridgehead atoms. The van der Waals surface area contributed by atoms with Gasteiger partial charge in [-0.2, -0.15) is 0 Å². The van der Waals surface area contributed by atoms with Crippen LogP contribution in [0.2, 0.25) is 0 Å². The van der Waals surface area contributed by atoms with Crippen molar-refractivity contribution in [3.63, 3.8) is 0 Å². The average Bonchev–Trinajstić information content (AvgIpc) is 2.82. The van der Waals surface area contributed by atoms with E-state index in [4.69, 9.17) is 17.4 Å². The molecule has 0 aromatic rings. The van der Waals surface area contributed by atoms with Crippen LogP contribution >= 0.6 is 0 Å². The third kappa shape index (κ3) is 8.47. The molecule has 1 fully saturated rings. The highest BCUT2D eigenvalue weighted by atomic mass is 16.4. The number of carboxylic acid groups (broad SMARTS) is 1. The van der Waals surface area contributed by atoms with Gasteiger partial charge in [0.15, 0.2) is 0 Å². The summed E-state index contributed by atoms with van der Waals surface area (Å²) in [6.07, 6.45) is -9.61. The van der Waals surface area contributed by atoms with Crippen molar-refractivity contribution in [2.24, 2.45) is 11.8 Å². The highest BCUT2D eigenvalue weighted by Gasteiger charge is 2.39. The molecule has 4 N–H and O–H groups in total. The minimum atomic E-state index is -2.86. The maximum atomic E-state index is 10.6. The number of aliphatic hydroxyl groups is 3. The predicted molar refractivity (Wildman–Crippen MR) is 98.0 cm³/mol. The second-order valence-corrected chi connectivity index (χ2v) is 5.50. The zero-order chi connectivity index (χ0) is 26.7. The van der Waals surface area contributed by atoms with Gasteiger partial charge in [0.05, 0.1) is 27.9 Å².